The zero-order chi connectivity index (χ0) is 27.2. The smallest absolute Gasteiger partial charge is 0.253 e. The van der Waals surface area contributed by atoms with E-state index in [9.17, 15) is 14.4 Å². The number of rotatable bonds is 5. The number of likely N-dealkylation sites (N-methyl/N-ethyl adjacent to an activating group) is 1. The highest BCUT2D eigenvalue weighted by Crippen LogP contribution is 2.47. The molecule has 6 nitrogen and oxygen atoms in total. The average molecular weight is 557 g/mol. The summed E-state index contributed by atoms with van der Waals surface area (Å²) in [5, 5.41) is 0.935. The molecule has 38 heavy (non-hydrogen) atoms. The number of benzene rings is 2. The molecule has 0 bridgehead atoms. The Labute approximate surface area is 234 Å². The van der Waals surface area contributed by atoms with Crippen LogP contribution in [0, 0.1) is 18.3 Å². The fourth-order valence-electron chi connectivity index (χ4n) is 5.85. The van der Waals surface area contributed by atoms with Crippen LogP contribution < -0.4 is 0 Å². The largest absolute Gasteiger partial charge is 0.342 e. The molecule has 0 aromatic heterocycles. The summed E-state index contributed by atoms with van der Waals surface area (Å²) in [6.45, 7) is 6.24. The maximum Gasteiger partial charge on any atom is 0.253 e. The van der Waals surface area contributed by atoms with Gasteiger partial charge in [-0.25, -0.2) is 0 Å². The van der Waals surface area contributed by atoms with Gasteiger partial charge in [0, 0.05) is 56.0 Å². The van der Waals surface area contributed by atoms with E-state index in [-0.39, 0.29) is 41.0 Å². The third-order valence-electron chi connectivity index (χ3n) is 8.74. The highest BCUT2D eigenvalue weighted by molar-refractivity contribution is 6.42. The normalized spacial score (nSPS) is 22.9. The van der Waals surface area contributed by atoms with Crippen molar-refractivity contribution in [3.8, 4) is 0 Å². The van der Waals surface area contributed by atoms with Crippen LogP contribution in [-0.2, 0) is 9.59 Å². The maximum absolute atomic E-state index is 13.7. The number of likely N-dealkylation sites (tertiary alicyclic amines) is 2. The third-order valence-corrected chi connectivity index (χ3v) is 9.48. The summed E-state index contributed by atoms with van der Waals surface area (Å²) >= 11 is 12.6. The van der Waals surface area contributed by atoms with Gasteiger partial charge in [-0.3, -0.25) is 14.4 Å². The second-order valence-corrected chi connectivity index (χ2v) is 12.3. The van der Waals surface area contributed by atoms with Crippen molar-refractivity contribution >= 4 is 40.9 Å². The van der Waals surface area contributed by atoms with Gasteiger partial charge in [0.05, 0.1) is 16.1 Å². The quantitative estimate of drug-likeness (QED) is 0.495. The van der Waals surface area contributed by atoms with Crippen molar-refractivity contribution in [3.05, 3.63) is 69.2 Å². The first-order valence-electron chi connectivity index (χ1n) is 13.4. The molecule has 5 rings (SSSR count). The van der Waals surface area contributed by atoms with E-state index in [4.69, 9.17) is 23.2 Å². The van der Waals surface area contributed by atoms with Crippen LogP contribution in [0.1, 0.15) is 60.0 Å². The van der Waals surface area contributed by atoms with Gasteiger partial charge in [0.15, 0.2) is 0 Å². The molecule has 2 aromatic rings. The van der Waals surface area contributed by atoms with Gasteiger partial charge in [-0.2, -0.15) is 0 Å². The van der Waals surface area contributed by atoms with Crippen molar-refractivity contribution < 1.29 is 14.4 Å². The highest BCUT2D eigenvalue weighted by Gasteiger charge is 2.48. The lowest BCUT2D eigenvalue weighted by Crippen LogP contribution is -2.46. The maximum atomic E-state index is 13.7. The second-order valence-electron chi connectivity index (χ2n) is 11.5. The van der Waals surface area contributed by atoms with E-state index in [1.165, 1.54) is 0 Å². The third kappa shape index (κ3) is 5.30. The standard InChI is InChI=1S/C30H35Cl2N3O3/c1-19-4-6-20(7-5-19)27(36)33(3)26-18-35(17-23(26)22-8-9-24(31)25(32)16-22)28(37)21-10-14-34(15-11-21)29(38)30(2)12-13-30/h4-9,16,21,23,26H,10-15,17-18H2,1-3H3/t23-,26?/m1/s1. The van der Waals surface area contributed by atoms with Crippen LogP contribution in [0.25, 0.3) is 0 Å². The number of carbonyl (C=O) groups is 3. The molecule has 2 heterocycles. The predicted molar refractivity (Wildman–Crippen MR) is 149 cm³/mol. The highest BCUT2D eigenvalue weighted by atomic mass is 35.5. The van der Waals surface area contributed by atoms with Crippen molar-refractivity contribution in [1.29, 1.82) is 0 Å². The molecule has 2 aliphatic heterocycles. The molecule has 0 N–H and O–H groups in total. The number of hydrogen-bond acceptors (Lipinski definition) is 3. The van der Waals surface area contributed by atoms with Crippen LogP contribution in [0.15, 0.2) is 42.5 Å². The molecule has 0 spiro atoms. The molecule has 2 atom stereocenters. The lowest BCUT2D eigenvalue weighted by molar-refractivity contribution is -0.142. The second kappa shape index (κ2) is 10.5. The fraction of sp³-hybridized carbons (Fsp3) is 0.500. The first-order valence-corrected chi connectivity index (χ1v) is 14.2. The minimum atomic E-state index is -0.207. The van der Waals surface area contributed by atoms with Gasteiger partial charge in [0.25, 0.3) is 5.91 Å². The van der Waals surface area contributed by atoms with Crippen molar-refractivity contribution in [1.82, 2.24) is 14.7 Å². The summed E-state index contributed by atoms with van der Waals surface area (Å²) in [4.78, 5) is 45.5. The molecule has 202 valence electrons. The van der Waals surface area contributed by atoms with E-state index in [2.05, 4.69) is 0 Å². The fourth-order valence-corrected chi connectivity index (χ4v) is 6.16. The van der Waals surface area contributed by atoms with E-state index in [1.54, 1.807) is 11.0 Å². The van der Waals surface area contributed by atoms with E-state index >= 15 is 0 Å². The van der Waals surface area contributed by atoms with Crippen LogP contribution in [-0.4, -0.2) is 71.7 Å². The summed E-state index contributed by atoms with van der Waals surface area (Å²) in [6.07, 6.45) is 3.28. The summed E-state index contributed by atoms with van der Waals surface area (Å²) in [7, 11) is 1.81. The molecule has 3 amide bonds. The number of piperidine rings is 1. The lowest BCUT2D eigenvalue weighted by atomic mass is 9.93. The summed E-state index contributed by atoms with van der Waals surface area (Å²) in [5.41, 5.74) is 2.49. The Morgan fingerprint density at radius 1 is 0.921 bits per heavy atom. The molecule has 3 fully saturated rings. The van der Waals surface area contributed by atoms with Gasteiger partial charge in [0.1, 0.15) is 0 Å². The lowest BCUT2D eigenvalue weighted by Gasteiger charge is -2.34. The van der Waals surface area contributed by atoms with Gasteiger partial charge in [0.2, 0.25) is 11.8 Å². The molecule has 1 unspecified atom stereocenters. The minimum Gasteiger partial charge on any atom is -0.342 e. The molecular weight excluding hydrogens is 521 g/mol. The van der Waals surface area contributed by atoms with Crippen LogP contribution in [0.4, 0.5) is 0 Å². The van der Waals surface area contributed by atoms with Crippen LogP contribution >= 0.6 is 23.2 Å². The van der Waals surface area contributed by atoms with Crippen molar-refractivity contribution in [2.75, 3.05) is 33.2 Å². The minimum absolute atomic E-state index is 0.0743. The molecule has 2 aromatic carbocycles. The Hall–Kier alpha value is -2.57. The Morgan fingerprint density at radius 2 is 1.58 bits per heavy atom. The van der Waals surface area contributed by atoms with Crippen molar-refractivity contribution in [2.45, 2.75) is 51.5 Å². The molecule has 1 aliphatic carbocycles. The van der Waals surface area contributed by atoms with Gasteiger partial charge in [-0.1, -0.05) is 53.9 Å². The van der Waals surface area contributed by atoms with Gasteiger partial charge in [-0.05, 0) is 62.4 Å². The first kappa shape index (κ1) is 27.0. The SMILES string of the molecule is Cc1ccc(C(=O)N(C)C2CN(C(=O)C3CCN(C(=O)C4(C)CC4)CC3)C[C@@H]2c2ccc(Cl)c(Cl)c2)cc1. The van der Waals surface area contributed by atoms with Gasteiger partial charge in [-0.15, -0.1) is 0 Å². The molecule has 2 saturated heterocycles. The Bertz CT molecular complexity index is 1240. The number of amides is 3. The number of halogens is 2. The van der Waals surface area contributed by atoms with Crippen molar-refractivity contribution in [2.24, 2.45) is 11.3 Å². The van der Waals surface area contributed by atoms with Gasteiger partial charge < -0.3 is 14.7 Å². The monoisotopic (exact) mass is 555 g/mol. The summed E-state index contributed by atoms with van der Waals surface area (Å²) < 4.78 is 0. The first-order chi connectivity index (χ1) is 18.1. The van der Waals surface area contributed by atoms with E-state index in [0.29, 0.717) is 54.6 Å². The summed E-state index contributed by atoms with van der Waals surface area (Å²) in [5.74, 6) is 0.0655. The molecule has 3 aliphatic rings. The van der Waals surface area contributed by atoms with Crippen LogP contribution in [0.2, 0.25) is 10.0 Å². The van der Waals surface area contributed by atoms with Crippen LogP contribution in [0.3, 0.4) is 0 Å². The Balaban J connectivity index is 1.33. The number of nitrogens with zero attached hydrogens (tertiary/aromatic N) is 3. The van der Waals surface area contributed by atoms with Crippen molar-refractivity contribution in [3.63, 3.8) is 0 Å². The molecule has 1 saturated carbocycles. The van der Waals surface area contributed by atoms with E-state index < -0.39 is 0 Å². The summed E-state index contributed by atoms with van der Waals surface area (Å²) in [6, 6.07) is 12.9. The number of hydrogen-bond donors (Lipinski definition) is 0. The Morgan fingerprint density at radius 3 is 2.18 bits per heavy atom. The Kier molecular flexibility index (Phi) is 7.49. The molecular formula is C30H35Cl2N3O3. The van der Waals surface area contributed by atoms with E-state index in [1.807, 2.05) is 67.1 Å². The molecule has 8 heteroatoms. The number of aryl methyl sites for hydroxylation is 1. The van der Waals surface area contributed by atoms with Crippen LogP contribution in [0.5, 0.6) is 0 Å². The van der Waals surface area contributed by atoms with E-state index in [0.717, 1.165) is 24.0 Å². The predicted octanol–water partition coefficient (Wildman–Crippen LogP) is 5.41. The zero-order valence-corrected chi connectivity index (χ0v) is 23.8. The zero-order valence-electron chi connectivity index (χ0n) is 22.3. The molecule has 0 radical (unpaired) electrons. The van der Waals surface area contributed by atoms with Gasteiger partial charge >= 0.3 is 0 Å². The average Bonchev–Trinajstić information content (AvgIpc) is 3.52. The topological polar surface area (TPSA) is 60.9 Å². The number of carbonyl (C=O) groups excluding carboxylic acids is 3.